The van der Waals surface area contributed by atoms with Crippen LogP contribution in [0.3, 0.4) is 0 Å². The van der Waals surface area contributed by atoms with Gasteiger partial charge in [-0.2, -0.15) is 11.3 Å². The Balaban J connectivity index is 1.57. The van der Waals surface area contributed by atoms with Gasteiger partial charge in [0.1, 0.15) is 5.76 Å². The molecule has 1 aliphatic heterocycles. The molecule has 0 saturated carbocycles. The predicted octanol–water partition coefficient (Wildman–Crippen LogP) is 3.36. The molecule has 1 fully saturated rings. The van der Waals surface area contributed by atoms with E-state index in [1.165, 1.54) is 5.56 Å². The van der Waals surface area contributed by atoms with Gasteiger partial charge in [0.15, 0.2) is 0 Å². The van der Waals surface area contributed by atoms with Gasteiger partial charge in [-0.3, -0.25) is 9.69 Å². The number of amides is 1. The summed E-state index contributed by atoms with van der Waals surface area (Å²) in [5.41, 5.74) is 1.34. The Kier molecular flexibility index (Phi) is 4.41. The van der Waals surface area contributed by atoms with Crippen molar-refractivity contribution in [2.45, 2.75) is 31.8 Å². The van der Waals surface area contributed by atoms with Crippen molar-refractivity contribution in [1.82, 2.24) is 10.2 Å². The summed E-state index contributed by atoms with van der Waals surface area (Å²) in [6, 6.07) is 6.19. The lowest BCUT2D eigenvalue weighted by Crippen LogP contribution is -2.37. The molecule has 21 heavy (non-hydrogen) atoms. The Morgan fingerprint density at radius 3 is 3.19 bits per heavy atom. The SMILES string of the molecule is C[C@@H](NC(=O)CN1CCC[C@H]1c1ccsc1)c1ccco1. The summed E-state index contributed by atoms with van der Waals surface area (Å²) < 4.78 is 5.32. The van der Waals surface area contributed by atoms with E-state index in [-0.39, 0.29) is 11.9 Å². The van der Waals surface area contributed by atoms with Crippen molar-refractivity contribution in [2.75, 3.05) is 13.1 Å². The van der Waals surface area contributed by atoms with Crippen LogP contribution >= 0.6 is 11.3 Å². The minimum Gasteiger partial charge on any atom is -0.467 e. The fourth-order valence-corrected chi connectivity index (χ4v) is 3.64. The van der Waals surface area contributed by atoms with Gasteiger partial charge in [-0.25, -0.2) is 0 Å². The van der Waals surface area contributed by atoms with E-state index < -0.39 is 0 Å². The number of hydrogen-bond donors (Lipinski definition) is 1. The maximum absolute atomic E-state index is 12.2. The molecule has 0 unspecified atom stereocenters. The third kappa shape index (κ3) is 3.36. The summed E-state index contributed by atoms with van der Waals surface area (Å²) in [6.45, 7) is 3.38. The molecule has 1 amide bonds. The van der Waals surface area contributed by atoms with Crippen molar-refractivity contribution in [3.8, 4) is 0 Å². The van der Waals surface area contributed by atoms with E-state index in [9.17, 15) is 4.79 Å². The molecule has 1 saturated heterocycles. The first-order chi connectivity index (χ1) is 10.2. The van der Waals surface area contributed by atoms with Crippen LogP contribution in [0.4, 0.5) is 0 Å². The number of carbonyl (C=O) groups is 1. The van der Waals surface area contributed by atoms with Gasteiger partial charge in [0, 0.05) is 6.04 Å². The van der Waals surface area contributed by atoms with E-state index in [1.54, 1.807) is 17.6 Å². The van der Waals surface area contributed by atoms with Crippen molar-refractivity contribution in [2.24, 2.45) is 0 Å². The lowest BCUT2D eigenvalue weighted by atomic mass is 10.1. The number of furan rings is 1. The molecule has 3 rings (SSSR count). The number of thiophene rings is 1. The maximum Gasteiger partial charge on any atom is 0.234 e. The highest BCUT2D eigenvalue weighted by Crippen LogP contribution is 2.32. The lowest BCUT2D eigenvalue weighted by molar-refractivity contribution is -0.123. The highest BCUT2D eigenvalue weighted by Gasteiger charge is 2.28. The van der Waals surface area contributed by atoms with Crippen molar-refractivity contribution in [3.05, 3.63) is 46.5 Å². The van der Waals surface area contributed by atoms with Crippen molar-refractivity contribution in [3.63, 3.8) is 0 Å². The van der Waals surface area contributed by atoms with Crippen LogP contribution in [0.1, 0.15) is 43.2 Å². The quantitative estimate of drug-likeness (QED) is 0.921. The minimum absolute atomic E-state index is 0.0565. The predicted molar refractivity (Wildman–Crippen MR) is 83.1 cm³/mol. The van der Waals surface area contributed by atoms with E-state index in [1.807, 2.05) is 19.1 Å². The Labute approximate surface area is 128 Å². The molecule has 0 bridgehead atoms. The van der Waals surface area contributed by atoms with Crippen LogP contribution in [0.15, 0.2) is 39.6 Å². The zero-order valence-corrected chi connectivity index (χ0v) is 12.9. The largest absolute Gasteiger partial charge is 0.467 e. The molecule has 3 heterocycles. The molecular weight excluding hydrogens is 284 g/mol. The van der Waals surface area contributed by atoms with Crippen LogP contribution < -0.4 is 5.32 Å². The average molecular weight is 304 g/mol. The van der Waals surface area contributed by atoms with Crippen LogP contribution in [0, 0.1) is 0 Å². The van der Waals surface area contributed by atoms with E-state index in [0.29, 0.717) is 12.6 Å². The number of nitrogens with one attached hydrogen (secondary N) is 1. The van der Waals surface area contributed by atoms with Gasteiger partial charge in [-0.1, -0.05) is 0 Å². The van der Waals surface area contributed by atoms with Crippen molar-refractivity contribution >= 4 is 17.2 Å². The van der Waals surface area contributed by atoms with Crippen LogP contribution in [-0.4, -0.2) is 23.9 Å². The van der Waals surface area contributed by atoms with Gasteiger partial charge in [-0.05, 0) is 60.8 Å². The van der Waals surface area contributed by atoms with E-state index >= 15 is 0 Å². The molecule has 112 valence electrons. The van der Waals surface area contributed by atoms with Crippen molar-refractivity contribution in [1.29, 1.82) is 0 Å². The van der Waals surface area contributed by atoms with Crippen LogP contribution in [-0.2, 0) is 4.79 Å². The second-order valence-corrected chi connectivity index (χ2v) is 6.27. The molecule has 2 aromatic rings. The molecule has 4 nitrogen and oxygen atoms in total. The molecule has 5 heteroatoms. The lowest BCUT2D eigenvalue weighted by Gasteiger charge is -2.24. The third-order valence-electron chi connectivity index (χ3n) is 3.99. The topological polar surface area (TPSA) is 45.5 Å². The first-order valence-electron chi connectivity index (χ1n) is 7.33. The number of nitrogens with zero attached hydrogens (tertiary/aromatic N) is 1. The third-order valence-corrected chi connectivity index (χ3v) is 4.69. The van der Waals surface area contributed by atoms with Gasteiger partial charge in [0.05, 0.1) is 18.8 Å². The Bertz CT molecular complexity index is 565. The van der Waals surface area contributed by atoms with Crippen LogP contribution in [0.5, 0.6) is 0 Å². The Hall–Kier alpha value is -1.59. The van der Waals surface area contributed by atoms with E-state index in [2.05, 4.69) is 27.0 Å². The Morgan fingerprint density at radius 2 is 2.48 bits per heavy atom. The molecule has 0 spiro atoms. The highest BCUT2D eigenvalue weighted by atomic mass is 32.1. The fraction of sp³-hybridized carbons (Fsp3) is 0.438. The summed E-state index contributed by atoms with van der Waals surface area (Å²) in [6.07, 6.45) is 3.92. The zero-order chi connectivity index (χ0) is 14.7. The van der Waals surface area contributed by atoms with Gasteiger partial charge in [-0.15, -0.1) is 0 Å². The summed E-state index contributed by atoms with van der Waals surface area (Å²) in [4.78, 5) is 14.5. The monoisotopic (exact) mass is 304 g/mol. The van der Waals surface area contributed by atoms with Crippen molar-refractivity contribution < 1.29 is 9.21 Å². The smallest absolute Gasteiger partial charge is 0.234 e. The molecular formula is C16H20N2O2S. The first-order valence-corrected chi connectivity index (χ1v) is 8.27. The van der Waals surface area contributed by atoms with Gasteiger partial charge >= 0.3 is 0 Å². The molecule has 0 aromatic carbocycles. The Morgan fingerprint density at radius 1 is 1.57 bits per heavy atom. The second-order valence-electron chi connectivity index (χ2n) is 5.49. The number of hydrogen-bond acceptors (Lipinski definition) is 4. The van der Waals surface area contributed by atoms with Crippen LogP contribution in [0.25, 0.3) is 0 Å². The normalized spacial score (nSPS) is 20.5. The molecule has 2 atom stereocenters. The molecule has 0 radical (unpaired) electrons. The molecule has 0 aliphatic carbocycles. The zero-order valence-electron chi connectivity index (χ0n) is 12.1. The summed E-state index contributed by atoms with van der Waals surface area (Å²) >= 11 is 1.72. The minimum atomic E-state index is -0.0882. The maximum atomic E-state index is 12.2. The second kappa shape index (κ2) is 6.45. The summed E-state index contributed by atoms with van der Waals surface area (Å²) in [5.74, 6) is 0.847. The standard InChI is InChI=1S/C16H20N2O2S/c1-12(15-5-3-8-20-15)17-16(19)10-18-7-2-4-14(18)13-6-9-21-11-13/h3,5-6,8-9,11-12,14H,2,4,7,10H2,1H3,(H,17,19)/t12-,14+/m1/s1. The average Bonchev–Trinajstić information content (AvgIpc) is 3.21. The number of likely N-dealkylation sites (tertiary alicyclic amines) is 1. The van der Waals surface area contributed by atoms with Crippen LogP contribution in [0.2, 0.25) is 0 Å². The molecule has 2 aromatic heterocycles. The molecule has 1 aliphatic rings. The summed E-state index contributed by atoms with van der Waals surface area (Å²) in [5, 5.41) is 7.29. The fourth-order valence-electron chi connectivity index (χ4n) is 2.94. The number of carbonyl (C=O) groups excluding carboxylic acids is 1. The molecule has 1 N–H and O–H groups in total. The summed E-state index contributed by atoms with van der Waals surface area (Å²) in [7, 11) is 0. The van der Waals surface area contributed by atoms with Gasteiger partial charge in [0.25, 0.3) is 0 Å². The van der Waals surface area contributed by atoms with E-state index in [0.717, 1.165) is 25.1 Å². The van der Waals surface area contributed by atoms with E-state index in [4.69, 9.17) is 4.42 Å². The first kappa shape index (κ1) is 14.4. The highest BCUT2D eigenvalue weighted by molar-refractivity contribution is 7.07. The van der Waals surface area contributed by atoms with Gasteiger partial charge in [0.2, 0.25) is 5.91 Å². The number of rotatable bonds is 5. The van der Waals surface area contributed by atoms with Gasteiger partial charge < -0.3 is 9.73 Å².